The second-order valence-corrected chi connectivity index (χ2v) is 8.17. The first-order valence-corrected chi connectivity index (χ1v) is 11.0. The van der Waals surface area contributed by atoms with E-state index < -0.39 is 5.97 Å². The molecule has 0 atom stereocenters. The van der Waals surface area contributed by atoms with Crippen LogP contribution in [0.3, 0.4) is 0 Å². The Morgan fingerprint density at radius 3 is 2.34 bits per heavy atom. The Balaban J connectivity index is 0.000000668. The van der Waals surface area contributed by atoms with Crippen molar-refractivity contribution in [2.24, 2.45) is 0 Å². The van der Waals surface area contributed by atoms with E-state index in [0.717, 1.165) is 37.0 Å². The fraction of sp³-hybridized carbons (Fsp3) is 0.320. The molecular formula is C25H28ClN2O4+. The van der Waals surface area contributed by atoms with Crippen LogP contribution in [-0.2, 0) is 29.0 Å². The van der Waals surface area contributed by atoms with E-state index in [9.17, 15) is 4.79 Å². The highest BCUT2D eigenvalue weighted by Crippen LogP contribution is 2.25. The van der Waals surface area contributed by atoms with E-state index in [-0.39, 0.29) is 5.97 Å². The lowest BCUT2D eigenvalue weighted by atomic mass is 10.1. The number of aliphatic carboxylic acids is 1. The van der Waals surface area contributed by atoms with Crippen molar-refractivity contribution in [3.63, 3.8) is 0 Å². The Hall–Kier alpha value is -3.12. The average Bonchev–Trinajstić information content (AvgIpc) is 2.94. The van der Waals surface area contributed by atoms with Gasteiger partial charge in [-0.05, 0) is 61.2 Å². The summed E-state index contributed by atoms with van der Waals surface area (Å²) in [5.41, 5.74) is 4.17. The van der Waals surface area contributed by atoms with Gasteiger partial charge in [0.05, 0.1) is 19.2 Å². The lowest BCUT2D eigenvalue weighted by Gasteiger charge is -2.04. The largest absolute Gasteiger partial charge is 0.481 e. The maximum atomic E-state index is 11.7. The second-order valence-electron chi connectivity index (χ2n) is 7.74. The molecule has 1 aliphatic rings. The molecule has 1 aromatic heterocycles. The number of carbonyl (C=O) groups is 2. The number of nitrogens with zero attached hydrogens (tertiary/aromatic N) is 2. The van der Waals surface area contributed by atoms with Crippen molar-refractivity contribution >= 4 is 23.5 Å². The molecule has 4 rings (SSSR count). The summed E-state index contributed by atoms with van der Waals surface area (Å²) in [6.45, 7) is 2.91. The summed E-state index contributed by atoms with van der Waals surface area (Å²) in [6.07, 6.45) is 7.00. The first-order chi connectivity index (χ1) is 15.4. The number of fused-ring (bicyclic) bond motifs is 1. The molecule has 168 valence electrons. The SMILES string of the molecule is CC(=O)O.COC(=O)c1ccc(C[n+]2cc(-c3ccc(Cl)cc3)n3c2CCCCC3)cc1. The molecule has 3 aromatic rings. The van der Waals surface area contributed by atoms with Gasteiger partial charge < -0.3 is 9.84 Å². The molecule has 0 saturated carbocycles. The third-order valence-corrected chi connectivity index (χ3v) is 5.61. The van der Waals surface area contributed by atoms with Crippen molar-refractivity contribution in [3.05, 3.63) is 76.7 Å². The van der Waals surface area contributed by atoms with Crippen molar-refractivity contribution in [1.29, 1.82) is 0 Å². The van der Waals surface area contributed by atoms with Crippen LogP contribution in [0, 0.1) is 0 Å². The lowest BCUT2D eigenvalue weighted by Crippen LogP contribution is -2.37. The van der Waals surface area contributed by atoms with Gasteiger partial charge in [-0.15, -0.1) is 0 Å². The third-order valence-electron chi connectivity index (χ3n) is 5.36. The number of rotatable bonds is 4. The Labute approximate surface area is 193 Å². The van der Waals surface area contributed by atoms with Crippen LogP contribution in [0.1, 0.15) is 47.9 Å². The number of imidazole rings is 1. The van der Waals surface area contributed by atoms with E-state index in [0.29, 0.717) is 5.56 Å². The first kappa shape index (κ1) is 23.5. The third kappa shape index (κ3) is 5.98. The summed E-state index contributed by atoms with van der Waals surface area (Å²) in [5, 5.41) is 8.17. The minimum atomic E-state index is -0.833. The van der Waals surface area contributed by atoms with Crippen LogP contribution in [-0.4, -0.2) is 28.7 Å². The van der Waals surface area contributed by atoms with E-state index in [4.69, 9.17) is 26.2 Å². The molecule has 6 nitrogen and oxygen atoms in total. The molecule has 0 radical (unpaired) electrons. The number of benzene rings is 2. The number of hydrogen-bond donors (Lipinski definition) is 1. The number of esters is 1. The zero-order valence-electron chi connectivity index (χ0n) is 18.4. The van der Waals surface area contributed by atoms with Gasteiger partial charge in [0, 0.05) is 23.9 Å². The van der Waals surface area contributed by atoms with E-state index in [1.54, 1.807) is 0 Å². The van der Waals surface area contributed by atoms with E-state index >= 15 is 0 Å². The Morgan fingerprint density at radius 2 is 1.72 bits per heavy atom. The summed E-state index contributed by atoms with van der Waals surface area (Å²) in [5.74, 6) is 0.224. The number of carboxylic acids is 1. The number of halogens is 1. The molecular weight excluding hydrogens is 428 g/mol. The minimum absolute atomic E-state index is 0.304. The van der Waals surface area contributed by atoms with Crippen molar-refractivity contribution in [2.75, 3.05) is 7.11 Å². The molecule has 2 heterocycles. The highest BCUT2D eigenvalue weighted by Gasteiger charge is 2.26. The minimum Gasteiger partial charge on any atom is -0.481 e. The molecule has 0 amide bonds. The maximum Gasteiger partial charge on any atom is 0.337 e. The topological polar surface area (TPSA) is 72.4 Å². The average molecular weight is 456 g/mol. The molecule has 0 unspecified atom stereocenters. The van der Waals surface area contributed by atoms with Gasteiger partial charge in [-0.1, -0.05) is 23.7 Å². The van der Waals surface area contributed by atoms with Crippen LogP contribution >= 0.6 is 11.6 Å². The zero-order valence-corrected chi connectivity index (χ0v) is 19.1. The van der Waals surface area contributed by atoms with Gasteiger partial charge in [-0.2, -0.15) is 0 Å². The maximum absolute atomic E-state index is 11.7. The number of ether oxygens (including phenoxy) is 1. The van der Waals surface area contributed by atoms with Crippen molar-refractivity contribution in [3.8, 4) is 11.3 Å². The Kier molecular flexibility index (Phi) is 8.06. The van der Waals surface area contributed by atoms with Gasteiger partial charge in [-0.3, -0.25) is 4.79 Å². The predicted molar refractivity (Wildman–Crippen MR) is 123 cm³/mol. The second kappa shape index (κ2) is 11.0. The smallest absolute Gasteiger partial charge is 0.337 e. The van der Waals surface area contributed by atoms with Gasteiger partial charge in [-0.25, -0.2) is 13.9 Å². The fourth-order valence-corrected chi connectivity index (χ4v) is 4.02. The molecule has 32 heavy (non-hydrogen) atoms. The van der Waals surface area contributed by atoms with Gasteiger partial charge in [0.1, 0.15) is 12.7 Å². The van der Waals surface area contributed by atoms with Crippen LogP contribution in [0.4, 0.5) is 0 Å². The van der Waals surface area contributed by atoms with Crippen molar-refractivity contribution in [2.45, 2.75) is 45.7 Å². The Morgan fingerprint density at radius 1 is 1.06 bits per heavy atom. The lowest BCUT2D eigenvalue weighted by molar-refractivity contribution is -0.695. The molecule has 0 spiro atoms. The quantitative estimate of drug-likeness (QED) is 0.455. The van der Waals surface area contributed by atoms with E-state index in [2.05, 4.69) is 27.5 Å². The van der Waals surface area contributed by atoms with Gasteiger partial charge in [0.15, 0.2) is 5.69 Å². The monoisotopic (exact) mass is 455 g/mol. The summed E-state index contributed by atoms with van der Waals surface area (Å²) >= 11 is 6.08. The van der Waals surface area contributed by atoms with Crippen LogP contribution in [0.15, 0.2) is 54.7 Å². The van der Waals surface area contributed by atoms with Crippen molar-refractivity contribution in [1.82, 2.24) is 4.57 Å². The van der Waals surface area contributed by atoms with Crippen LogP contribution in [0.2, 0.25) is 5.02 Å². The zero-order chi connectivity index (χ0) is 23.1. The van der Waals surface area contributed by atoms with Gasteiger partial charge in [0.2, 0.25) is 0 Å². The van der Waals surface area contributed by atoms with E-state index in [1.807, 2.05) is 36.4 Å². The van der Waals surface area contributed by atoms with Crippen LogP contribution in [0.25, 0.3) is 11.3 Å². The first-order valence-electron chi connectivity index (χ1n) is 10.6. The molecule has 0 aliphatic carbocycles. The summed E-state index contributed by atoms with van der Waals surface area (Å²) in [6, 6.07) is 15.7. The number of aromatic nitrogens is 2. The summed E-state index contributed by atoms with van der Waals surface area (Å²) in [7, 11) is 1.40. The molecule has 0 bridgehead atoms. The molecule has 0 saturated heterocycles. The normalized spacial score (nSPS) is 12.7. The molecule has 2 aromatic carbocycles. The Bertz CT molecular complexity index is 1070. The van der Waals surface area contributed by atoms with E-state index in [1.165, 1.54) is 43.5 Å². The highest BCUT2D eigenvalue weighted by molar-refractivity contribution is 6.30. The van der Waals surface area contributed by atoms with Gasteiger partial charge >= 0.3 is 5.97 Å². The molecule has 0 fully saturated rings. The fourth-order valence-electron chi connectivity index (χ4n) is 3.89. The predicted octanol–water partition coefficient (Wildman–Crippen LogP) is 4.75. The molecule has 1 N–H and O–H groups in total. The standard InChI is InChI=1S/C23H24ClN2O2.C2H4O2/c1-28-23(27)19-8-6-17(7-9-19)15-25-16-21(18-10-12-20(24)13-11-18)26-14-4-2-3-5-22(25)26;1-2(3)4/h6-13,16H,2-5,14-15H2,1H3;1H3,(H,3,4)/q+1;. The highest BCUT2D eigenvalue weighted by atomic mass is 35.5. The van der Waals surface area contributed by atoms with Crippen LogP contribution < -0.4 is 4.57 Å². The number of carboxylic acid groups (broad SMARTS) is 1. The van der Waals surface area contributed by atoms with Gasteiger partial charge in [0.25, 0.3) is 11.8 Å². The summed E-state index contributed by atoms with van der Waals surface area (Å²) in [4.78, 5) is 20.7. The molecule has 1 aliphatic heterocycles. The van der Waals surface area contributed by atoms with Crippen LogP contribution in [0.5, 0.6) is 0 Å². The van der Waals surface area contributed by atoms with Crippen molar-refractivity contribution < 1.29 is 24.0 Å². The number of carbonyl (C=O) groups excluding carboxylic acids is 1. The molecule has 7 heteroatoms. The number of hydrogen-bond acceptors (Lipinski definition) is 3. The number of methoxy groups -OCH3 is 1. The summed E-state index contributed by atoms with van der Waals surface area (Å²) < 4.78 is 9.59.